The molecule has 32 heavy (non-hydrogen) atoms. The normalized spacial score (nSPS) is 27.6. The average Bonchev–Trinajstić information content (AvgIpc) is 2.97. The number of urea groups is 1. The van der Waals surface area contributed by atoms with E-state index in [2.05, 4.69) is 17.4 Å². The van der Waals surface area contributed by atoms with Crippen LogP contribution in [0.5, 0.6) is 5.75 Å². The minimum absolute atomic E-state index is 0.0561. The van der Waals surface area contributed by atoms with Crippen LogP contribution in [0.4, 0.5) is 4.79 Å². The Kier molecular flexibility index (Phi) is 5.20. The predicted molar refractivity (Wildman–Crippen MR) is 122 cm³/mol. The van der Waals surface area contributed by atoms with Crippen molar-refractivity contribution in [1.29, 1.82) is 0 Å². The molecule has 1 N–H and O–H groups in total. The number of imide groups is 1. The molecule has 2 aromatic carbocycles. The summed E-state index contributed by atoms with van der Waals surface area (Å²) < 4.78 is 5.24. The number of hydrogen-bond donors (Lipinski definition) is 1. The first-order chi connectivity index (χ1) is 15.5. The Morgan fingerprint density at radius 3 is 2.28 bits per heavy atom. The molecule has 6 heteroatoms. The van der Waals surface area contributed by atoms with Crippen LogP contribution in [-0.4, -0.2) is 48.0 Å². The van der Waals surface area contributed by atoms with E-state index in [4.69, 9.17) is 4.74 Å². The third kappa shape index (κ3) is 3.20. The molecule has 1 aliphatic heterocycles. The Bertz CT molecular complexity index is 995. The Morgan fingerprint density at radius 2 is 1.72 bits per heavy atom. The van der Waals surface area contributed by atoms with Gasteiger partial charge in [-0.1, -0.05) is 48.9 Å². The van der Waals surface area contributed by atoms with Gasteiger partial charge in [-0.3, -0.25) is 9.69 Å². The highest BCUT2D eigenvalue weighted by Crippen LogP contribution is 2.55. The lowest BCUT2D eigenvalue weighted by Gasteiger charge is -2.56. The summed E-state index contributed by atoms with van der Waals surface area (Å²) in [6.45, 7) is 0.973. The molecule has 0 bridgehead atoms. The summed E-state index contributed by atoms with van der Waals surface area (Å²) in [5.41, 5.74) is 1.06. The molecule has 1 heterocycles. The van der Waals surface area contributed by atoms with Gasteiger partial charge in [-0.15, -0.1) is 0 Å². The van der Waals surface area contributed by atoms with Crippen molar-refractivity contribution >= 4 is 11.9 Å². The van der Waals surface area contributed by atoms with Crippen LogP contribution in [0.15, 0.2) is 54.6 Å². The smallest absolute Gasteiger partial charge is 0.327 e. The van der Waals surface area contributed by atoms with Gasteiger partial charge in [0.05, 0.1) is 13.7 Å². The number of hydrogen-bond acceptors (Lipinski definition) is 4. The topological polar surface area (TPSA) is 61.9 Å². The number of methoxy groups -OCH3 is 1. The van der Waals surface area contributed by atoms with E-state index in [1.54, 1.807) is 7.11 Å². The van der Waals surface area contributed by atoms with E-state index in [-0.39, 0.29) is 17.5 Å². The molecule has 0 unspecified atom stereocenters. The maximum atomic E-state index is 13.8. The van der Waals surface area contributed by atoms with Crippen LogP contribution in [0.3, 0.4) is 0 Å². The minimum Gasteiger partial charge on any atom is -0.497 e. The molecule has 1 saturated heterocycles. The van der Waals surface area contributed by atoms with Gasteiger partial charge in [-0.05, 0) is 49.1 Å². The fraction of sp³-hybridized carbons (Fsp3) is 0.462. The lowest BCUT2D eigenvalue weighted by Crippen LogP contribution is -2.69. The van der Waals surface area contributed by atoms with Crippen LogP contribution in [0.1, 0.15) is 43.2 Å². The fourth-order valence-electron chi connectivity index (χ4n) is 5.59. The molecule has 3 fully saturated rings. The van der Waals surface area contributed by atoms with E-state index in [0.29, 0.717) is 31.8 Å². The summed E-state index contributed by atoms with van der Waals surface area (Å²) in [6, 6.07) is 17.7. The maximum absolute atomic E-state index is 13.8. The van der Waals surface area contributed by atoms with Crippen molar-refractivity contribution in [3.63, 3.8) is 0 Å². The van der Waals surface area contributed by atoms with E-state index >= 15 is 0 Å². The van der Waals surface area contributed by atoms with Gasteiger partial charge in [0.25, 0.3) is 5.91 Å². The van der Waals surface area contributed by atoms with Gasteiger partial charge < -0.3 is 15.0 Å². The second kappa shape index (κ2) is 7.93. The van der Waals surface area contributed by atoms with Crippen LogP contribution in [0.2, 0.25) is 0 Å². The summed E-state index contributed by atoms with van der Waals surface area (Å²) in [7, 11) is 3.58. The molecule has 3 aliphatic rings. The molecule has 1 spiro atoms. The highest BCUT2D eigenvalue weighted by Gasteiger charge is 2.68. The average molecular weight is 434 g/mol. The summed E-state index contributed by atoms with van der Waals surface area (Å²) >= 11 is 0. The van der Waals surface area contributed by atoms with Crippen LogP contribution in [0.25, 0.3) is 0 Å². The van der Waals surface area contributed by atoms with Crippen molar-refractivity contribution in [3.05, 3.63) is 65.7 Å². The molecule has 2 saturated carbocycles. The van der Waals surface area contributed by atoms with Crippen molar-refractivity contribution in [3.8, 4) is 5.75 Å². The Morgan fingerprint density at radius 1 is 1.03 bits per heavy atom. The number of carbonyl (C=O) groups excluding carboxylic acids is 2. The minimum atomic E-state index is -0.752. The van der Waals surface area contributed by atoms with Gasteiger partial charge in [-0.25, -0.2) is 4.79 Å². The first-order valence-corrected chi connectivity index (χ1v) is 11.5. The Hall–Kier alpha value is -2.86. The van der Waals surface area contributed by atoms with Crippen molar-refractivity contribution < 1.29 is 14.3 Å². The zero-order chi connectivity index (χ0) is 22.3. The van der Waals surface area contributed by atoms with Gasteiger partial charge in [-0.2, -0.15) is 0 Å². The maximum Gasteiger partial charge on any atom is 0.327 e. The molecule has 0 radical (unpaired) electrons. The second-order valence-electron chi connectivity index (χ2n) is 9.51. The van der Waals surface area contributed by atoms with Crippen LogP contribution in [0, 0.1) is 5.92 Å². The number of ether oxygens (including phenoxy) is 1. The number of nitrogens with zero attached hydrogens (tertiary/aromatic N) is 2. The van der Waals surface area contributed by atoms with Crippen molar-refractivity contribution in [2.24, 2.45) is 5.92 Å². The van der Waals surface area contributed by atoms with Crippen molar-refractivity contribution in [2.45, 2.75) is 49.7 Å². The largest absolute Gasteiger partial charge is 0.497 e. The molecule has 2 aliphatic carbocycles. The lowest BCUT2D eigenvalue weighted by molar-refractivity contribution is -0.144. The van der Waals surface area contributed by atoms with E-state index in [1.807, 2.05) is 54.4 Å². The first kappa shape index (κ1) is 21.0. The molecular weight excluding hydrogens is 402 g/mol. The summed E-state index contributed by atoms with van der Waals surface area (Å²) in [5.74, 6) is 1.21. The van der Waals surface area contributed by atoms with E-state index in [1.165, 1.54) is 16.9 Å². The molecule has 0 aromatic heterocycles. The van der Waals surface area contributed by atoms with Gasteiger partial charge in [0.1, 0.15) is 11.3 Å². The third-order valence-corrected chi connectivity index (χ3v) is 7.78. The van der Waals surface area contributed by atoms with Gasteiger partial charge in [0.15, 0.2) is 0 Å². The predicted octanol–water partition coefficient (Wildman–Crippen LogP) is 3.91. The van der Waals surface area contributed by atoms with Gasteiger partial charge >= 0.3 is 6.03 Å². The number of rotatable bonds is 7. The quantitative estimate of drug-likeness (QED) is 0.673. The van der Waals surface area contributed by atoms with E-state index in [9.17, 15) is 9.59 Å². The monoisotopic (exact) mass is 433 g/mol. The van der Waals surface area contributed by atoms with Crippen LogP contribution < -0.4 is 10.1 Å². The Labute approximate surface area is 189 Å². The second-order valence-corrected chi connectivity index (χ2v) is 9.51. The molecule has 168 valence electrons. The lowest BCUT2D eigenvalue weighted by atomic mass is 9.58. The fourth-order valence-corrected chi connectivity index (χ4v) is 5.59. The zero-order valence-corrected chi connectivity index (χ0v) is 18.8. The first-order valence-electron chi connectivity index (χ1n) is 11.5. The molecule has 6 nitrogen and oxygen atoms in total. The standard InChI is InChI=1S/C26H31N3O3/c1-27-25(21-9-4-3-5-10-21)17-26(18-25)23(30)28(15-20-11-13-22(32-2)14-12-20)24(31)29(26)16-19-7-6-8-19/h3-5,9-14,19,27H,6-8,15-18H2,1-2H3. The third-order valence-electron chi connectivity index (χ3n) is 7.78. The molecule has 2 aromatic rings. The molecule has 3 amide bonds. The van der Waals surface area contributed by atoms with Gasteiger partial charge in [0, 0.05) is 24.9 Å². The number of benzene rings is 2. The highest BCUT2D eigenvalue weighted by atomic mass is 16.5. The summed E-state index contributed by atoms with van der Waals surface area (Å²) in [4.78, 5) is 30.7. The SMILES string of the molecule is CNC1(c2ccccc2)CC2(C1)C(=O)N(Cc1ccc(OC)cc1)C(=O)N2CC1CCC1. The summed E-state index contributed by atoms with van der Waals surface area (Å²) in [6.07, 6.45) is 4.71. The van der Waals surface area contributed by atoms with E-state index in [0.717, 1.165) is 24.2 Å². The summed E-state index contributed by atoms with van der Waals surface area (Å²) in [5, 5.41) is 3.47. The number of nitrogens with one attached hydrogen (secondary N) is 1. The highest BCUT2D eigenvalue weighted by molar-refractivity contribution is 6.08. The molecule has 5 rings (SSSR count). The van der Waals surface area contributed by atoms with Crippen LogP contribution in [-0.2, 0) is 16.9 Å². The number of amides is 3. The molecule has 0 atom stereocenters. The molecular formula is C26H31N3O3. The Balaban J connectivity index is 1.43. The van der Waals surface area contributed by atoms with Gasteiger partial charge in [0.2, 0.25) is 0 Å². The zero-order valence-electron chi connectivity index (χ0n) is 18.8. The van der Waals surface area contributed by atoms with E-state index < -0.39 is 5.54 Å². The van der Waals surface area contributed by atoms with Crippen LogP contribution >= 0.6 is 0 Å². The van der Waals surface area contributed by atoms with Crippen molar-refractivity contribution in [2.75, 3.05) is 20.7 Å². The number of carbonyl (C=O) groups is 2. The van der Waals surface area contributed by atoms with Crippen molar-refractivity contribution in [1.82, 2.24) is 15.1 Å².